The number of benzene rings is 2. The topological polar surface area (TPSA) is 87.3 Å². The van der Waals surface area contributed by atoms with Crippen molar-refractivity contribution in [1.82, 2.24) is 5.43 Å². The van der Waals surface area contributed by atoms with Crippen LogP contribution < -0.4 is 15.6 Å². The van der Waals surface area contributed by atoms with Gasteiger partial charge >= 0.3 is 0 Å². The van der Waals surface area contributed by atoms with Gasteiger partial charge in [-0.2, -0.15) is 0 Å². The minimum Gasteiger partial charge on any atom is -0.299 e. The van der Waals surface area contributed by atoms with Crippen LogP contribution >= 0.6 is 0 Å². The third kappa shape index (κ3) is 12.8. The summed E-state index contributed by atoms with van der Waals surface area (Å²) >= 11 is 0. The maximum atomic E-state index is 13.2. The van der Waals surface area contributed by atoms with E-state index in [0.717, 1.165) is 30.4 Å². The van der Waals surface area contributed by atoms with E-state index < -0.39 is 10.0 Å². The van der Waals surface area contributed by atoms with E-state index in [1.165, 1.54) is 83.5 Å². The summed E-state index contributed by atoms with van der Waals surface area (Å²) in [5, 5.41) is 0. The fourth-order valence-corrected chi connectivity index (χ4v) is 6.16. The number of aryl methyl sites for hydroxylation is 2. The second-order valence-electron chi connectivity index (χ2n) is 10.4. The Balaban J connectivity index is 1.69. The van der Waals surface area contributed by atoms with Crippen molar-refractivity contribution in [1.29, 1.82) is 0 Å². The standard InChI is InChI=1S/C31H49N3O3S/c1-3-4-5-6-7-8-9-10-11-12-13-14-15-16-17-18-28-20-19-27(2)25-31(28)38(36,37)34-30-23-21-29(22-24-30)33-32-26-35/h19-26,33-34H,3-18H2,1-2H3,(H,32,35). The summed E-state index contributed by atoms with van der Waals surface area (Å²) in [4.78, 5) is 10.8. The number of hydrazine groups is 1. The van der Waals surface area contributed by atoms with Crippen LogP contribution in [0, 0.1) is 6.92 Å². The maximum Gasteiger partial charge on any atom is 0.262 e. The van der Waals surface area contributed by atoms with E-state index in [-0.39, 0.29) is 0 Å². The molecule has 0 radical (unpaired) electrons. The van der Waals surface area contributed by atoms with E-state index in [2.05, 4.69) is 22.5 Å². The first-order valence-corrected chi connectivity index (χ1v) is 16.1. The Hall–Kier alpha value is -2.54. The molecule has 0 saturated carbocycles. The minimum atomic E-state index is -3.71. The second kappa shape index (κ2) is 18.7. The lowest BCUT2D eigenvalue weighted by Gasteiger charge is -2.14. The van der Waals surface area contributed by atoms with Gasteiger partial charge in [0.1, 0.15) is 0 Å². The number of amides is 1. The van der Waals surface area contributed by atoms with E-state index in [9.17, 15) is 13.2 Å². The SMILES string of the molecule is CCCCCCCCCCCCCCCCCc1ccc(C)cc1S(=O)(=O)Nc1ccc(NNC=O)cc1. The van der Waals surface area contributed by atoms with Crippen LogP contribution in [0.2, 0.25) is 0 Å². The van der Waals surface area contributed by atoms with Crippen molar-refractivity contribution in [3.05, 3.63) is 53.6 Å². The average Bonchev–Trinajstić information content (AvgIpc) is 2.91. The fourth-order valence-electron chi connectivity index (χ4n) is 4.75. The fraction of sp³-hybridized carbons (Fsp3) is 0.581. The summed E-state index contributed by atoms with van der Waals surface area (Å²) in [6.45, 7) is 4.18. The Labute approximate surface area is 231 Å². The molecule has 38 heavy (non-hydrogen) atoms. The molecule has 0 atom stereocenters. The third-order valence-electron chi connectivity index (χ3n) is 6.97. The van der Waals surface area contributed by atoms with Crippen LogP contribution in [-0.4, -0.2) is 14.8 Å². The predicted octanol–water partition coefficient (Wildman–Crippen LogP) is 8.28. The molecule has 3 N–H and O–H groups in total. The largest absolute Gasteiger partial charge is 0.299 e. The van der Waals surface area contributed by atoms with Gasteiger partial charge in [0.2, 0.25) is 6.41 Å². The first-order valence-electron chi connectivity index (χ1n) is 14.6. The Bertz CT molecular complexity index is 1020. The maximum absolute atomic E-state index is 13.2. The normalized spacial score (nSPS) is 11.3. The molecule has 0 bridgehead atoms. The van der Waals surface area contributed by atoms with Crippen molar-refractivity contribution in [3.8, 4) is 0 Å². The number of rotatable bonds is 22. The molecule has 0 aliphatic rings. The summed E-state index contributed by atoms with van der Waals surface area (Å²) in [7, 11) is -3.71. The lowest BCUT2D eigenvalue weighted by Crippen LogP contribution is -2.19. The van der Waals surface area contributed by atoms with Gasteiger partial charge in [0.05, 0.1) is 10.6 Å². The zero-order valence-electron chi connectivity index (χ0n) is 23.6. The number of hydrogen-bond donors (Lipinski definition) is 3. The van der Waals surface area contributed by atoms with Crippen molar-refractivity contribution in [2.24, 2.45) is 0 Å². The molecule has 0 aliphatic heterocycles. The predicted molar refractivity (Wildman–Crippen MR) is 160 cm³/mol. The lowest BCUT2D eigenvalue weighted by atomic mass is 10.0. The number of sulfonamides is 1. The van der Waals surface area contributed by atoms with Crippen molar-refractivity contribution >= 4 is 27.8 Å². The Morgan fingerprint density at radius 2 is 1.18 bits per heavy atom. The third-order valence-corrected chi connectivity index (χ3v) is 8.44. The molecule has 6 nitrogen and oxygen atoms in total. The van der Waals surface area contributed by atoms with Crippen LogP contribution in [0.15, 0.2) is 47.4 Å². The summed E-state index contributed by atoms with van der Waals surface area (Å²) in [6, 6.07) is 12.4. The highest BCUT2D eigenvalue weighted by atomic mass is 32.2. The Morgan fingerprint density at radius 1 is 0.684 bits per heavy atom. The first-order chi connectivity index (χ1) is 18.5. The molecule has 0 aliphatic carbocycles. The van der Waals surface area contributed by atoms with Gasteiger partial charge in [-0.3, -0.25) is 20.4 Å². The summed E-state index contributed by atoms with van der Waals surface area (Å²) in [6.07, 6.45) is 21.0. The van der Waals surface area contributed by atoms with Crippen LogP contribution in [0.4, 0.5) is 11.4 Å². The zero-order chi connectivity index (χ0) is 27.5. The van der Waals surface area contributed by atoms with Crippen LogP contribution in [0.25, 0.3) is 0 Å². The van der Waals surface area contributed by atoms with Gasteiger partial charge in [-0.15, -0.1) is 0 Å². The molecule has 0 aromatic heterocycles. The van der Waals surface area contributed by atoms with Crippen molar-refractivity contribution < 1.29 is 13.2 Å². The van der Waals surface area contributed by atoms with Crippen LogP contribution in [-0.2, 0) is 21.2 Å². The molecule has 2 rings (SSSR count). The highest BCUT2D eigenvalue weighted by molar-refractivity contribution is 7.92. The van der Waals surface area contributed by atoms with E-state index in [1.54, 1.807) is 30.3 Å². The van der Waals surface area contributed by atoms with E-state index >= 15 is 0 Å². The monoisotopic (exact) mass is 543 g/mol. The molecule has 0 unspecified atom stereocenters. The highest BCUT2D eigenvalue weighted by Gasteiger charge is 2.19. The van der Waals surface area contributed by atoms with E-state index in [4.69, 9.17) is 0 Å². The number of carbonyl (C=O) groups is 1. The van der Waals surface area contributed by atoms with Crippen LogP contribution in [0.5, 0.6) is 0 Å². The van der Waals surface area contributed by atoms with Crippen molar-refractivity contribution in [3.63, 3.8) is 0 Å². The molecule has 7 heteroatoms. The second-order valence-corrected chi connectivity index (χ2v) is 12.0. The Morgan fingerprint density at radius 3 is 1.71 bits per heavy atom. The highest BCUT2D eigenvalue weighted by Crippen LogP contribution is 2.24. The average molecular weight is 544 g/mol. The summed E-state index contributed by atoms with van der Waals surface area (Å²) in [5.41, 5.74) is 7.97. The number of nitrogens with one attached hydrogen (secondary N) is 3. The minimum absolute atomic E-state index is 0.354. The smallest absolute Gasteiger partial charge is 0.262 e. The number of unbranched alkanes of at least 4 members (excludes halogenated alkanes) is 14. The molecule has 0 spiro atoms. The lowest BCUT2D eigenvalue weighted by molar-refractivity contribution is -0.109. The molecule has 0 heterocycles. The molecule has 2 aromatic rings. The molecule has 0 saturated heterocycles. The molecule has 212 valence electrons. The van der Waals surface area contributed by atoms with Crippen molar-refractivity contribution in [2.45, 2.75) is 121 Å². The summed E-state index contributed by atoms with van der Waals surface area (Å²) < 4.78 is 29.1. The van der Waals surface area contributed by atoms with Gasteiger partial charge in [-0.05, 0) is 61.2 Å². The van der Waals surface area contributed by atoms with Gasteiger partial charge in [0.25, 0.3) is 10.0 Å². The summed E-state index contributed by atoms with van der Waals surface area (Å²) in [5.74, 6) is 0. The Kier molecular flexibility index (Phi) is 15.6. The van der Waals surface area contributed by atoms with Gasteiger partial charge in [0.15, 0.2) is 0 Å². The van der Waals surface area contributed by atoms with Gasteiger partial charge in [-0.25, -0.2) is 8.42 Å². The molecular weight excluding hydrogens is 494 g/mol. The van der Waals surface area contributed by atoms with Gasteiger partial charge in [0, 0.05) is 5.69 Å². The van der Waals surface area contributed by atoms with E-state index in [0.29, 0.717) is 22.7 Å². The molecular formula is C31H49N3O3S. The van der Waals surface area contributed by atoms with Crippen LogP contribution in [0.1, 0.15) is 114 Å². The molecule has 0 fully saturated rings. The zero-order valence-corrected chi connectivity index (χ0v) is 24.4. The number of anilines is 2. The van der Waals surface area contributed by atoms with E-state index in [1.807, 2.05) is 19.1 Å². The quantitative estimate of drug-likeness (QED) is 0.0792. The number of carbonyl (C=O) groups excluding carboxylic acids is 1. The molecule has 2 aromatic carbocycles. The van der Waals surface area contributed by atoms with Gasteiger partial charge < -0.3 is 0 Å². The number of hydrogen-bond acceptors (Lipinski definition) is 4. The van der Waals surface area contributed by atoms with Crippen LogP contribution in [0.3, 0.4) is 0 Å². The van der Waals surface area contributed by atoms with Gasteiger partial charge in [-0.1, -0.05) is 109 Å². The van der Waals surface area contributed by atoms with Crippen molar-refractivity contribution in [2.75, 3.05) is 10.1 Å². The first kappa shape index (κ1) is 31.7. The molecule has 1 amide bonds.